The van der Waals surface area contributed by atoms with Crippen molar-refractivity contribution in [1.29, 1.82) is 0 Å². The molecule has 4 heteroatoms. The van der Waals surface area contributed by atoms with Gasteiger partial charge in [-0.2, -0.15) is 0 Å². The first kappa shape index (κ1) is 15.5. The van der Waals surface area contributed by atoms with E-state index in [1.54, 1.807) is 0 Å². The van der Waals surface area contributed by atoms with Gasteiger partial charge in [0.15, 0.2) is 0 Å². The number of nitrogens with zero attached hydrogens (tertiary/aromatic N) is 1. The summed E-state index contributed by atoms with van der Waals surface area (Å²) in [5.41, 5.74) is 1.21. The van der Waals surface area contributed by atoms with Crippen molar-refractivity contribution in [3.05, 3.63) is 35.9 Å². The molecule has 4 nitrogen and oxygen atoms in total. The zero-order valence-corrected chi connectivity index (χ0v) is 13.1. The highest BCUT2D eigenvalue weighted by Gasteiger charge is 2.29. The van der Waals surface area contributed by atoms with Crippen molar-refractivity contribution in [2.75, 3.05) is 26.3 Å². The van der Waals surface area contributed by atoms with E-state index < -0.39 is 0 Å². The Kier molecular flexibility index (Phi) is 5.46. The highest BCUT2D eigenvalue weighted by molar-refractivity contribution is 5.79. The maximum absolute atomic E-state index is 12.5. The quantitative estimate of drug-likeness (QED) is 0.858. The molecule has 2 fully saturated rings. The molecule has 2 heterocycles. The van der Waals surface area contributed by atoms with Crippen LogP contribution >= 0.6 is 0 Å². The van der Waals surface area contributed by atoms with Crippen molar-refractivity contribution in [3.8, 4) is 0 Å². The molecule has 0 aromatic heterocycles. The molecule has 1 aromatic carbocycles. The highest BCUT2D eigenvalue weighted by atomic mass is 16.5. The van der Waals surface area contributed by atoms with Gasteiger partial charge in [0.2, 0.25) is 5.91 Å². The third kappa shape index (κ3) is 4.08. The average Bonchev–Trinajstić information content (AvgIpc) is 2.61. The lowest BCUT2D eigenvalue weighted by Crippen LogP contribution is -2.44. The van der Waals surface area contributed by atoms with Crippen molar-refractivity contribution >= 4 is 5.91 Å². The number of hydrogen-bond acceptors (Lipinski definition) is 3. The van der Waals surface area contributed by atoms with Crippen LogP contribution in [0.4, 0.5) is 0 Å². The summed E-state index contributed by atoms with van der Waals surface area (Å²) in [5, 5.41) is 0. The van der Waals surface area contributed by atoms with Crippen molar-refractivity contribution in [1.82, 2.24) is 4.90 Å². The predicted molar refractivity (Wildman–Crippen MR) is 84.4 cm³/mol. The standard InChI is InChI=1S/C18H25NO3/c20-18(16-8-12-21-13-9-16)19-10-6-17(7-11-19)22-14-15-4-2-1-3-5-15/h1-5,16-17H,6-14H2. The topological polar surface area (TPSA) is 38.8 Å². The van der Waals surface area contributed by atoms with Crippen molar-refractivity contribution < 1.29 is 14.3 Å². The smallest absolute Gasteiger partial charge is 0.225 e. The molecule has 0 atom stereocenters. The van der Waals surface area contributed by atoms with Gasteiger partial charge in [0.25, 0.3) is 0 Å². The van der Waals surface area contributed by atoms with Gasteiger partial charge in [-0.15, -0.1) is 0 Å². The van der Waals surface area contributed by atoms with Crippen LogP contribution in [0.25, 0.3) is 0 Å². The first-order valence-electron chi connectivity index (χ1n) is 8.35. The summed E-state index contributed by atoms with van der Waals surface area (Å²) in [5.74, 6) is 0.500. The number of likely N-dealkylation sites (tertiary alicyclic amines) is 1. The Morgan fingerprint density at radius 1 is 1.09 bits per heavy atom. The number of carbonyl (C=O) groups excluding carboxylic acids is 1. The molecule has 2 saturated heterocycles. The number of rotatable bonds is 4. The minimum atomic E-state index is 0.176. The van der Waals surface area contributed by atoms with Crippen LogP contribution in [0.2, 0.25) is 0 Å². The van der Waals surface area contributed by atoms with E-state index in [0.717, 1.165) is 52.0 Å². The number of piperidine rings is 1. The number of amides is 1. The Morgan fingerprint density at radius 3 is 2.45 bits per heavy atom. The van der Waals surface area contributed by atoms with Crippen LogP contribution in [0.5, 0.6) is 0 Å². The molecule has 0 N–H and O–H groups in total. The van der Waals surface area contributed by atoms with Crippen LogP contribution in [0, 0.1) is 5.92 Å². The second-order valence-electron chi connectivity index (χ2n) is 6.21. The fourth-order valence-electron chi connectivity index (χ4n) is 3.23. The minimum Gasteiger partial charge on any atom is -0.381 e. The molecule has 0 unspecified atom stereocenters. The largest absolute Gasteiger partial charge is 0.381 e. The maximum atomic E-state index is 12.5. The van der Waals surface area contributed by atoms with Gasteiger partial charge in [0, 0.05) is 32.2 Å². The van der Waals surface area contributed by atoms with E-state index in [4.69, 9.17) is 9.47 Å². The van der Waals surface area contributed by atoms with Gasteiger partial charge < -0.3 is 14.4 Å². The van der Waals surface area contributed by atoms with Crippen molar-refractivity contribution in [3.63, 3.8) is 0 Å². The van der Waals surface area contributed by atoms with Gasteiger partial charge >= 0.3 is 0 Å². The van der Waals surface area contributed by atoms with Crippen molar-refractivity contribution in [2.45, 2.75) is 38.4 Å². The Bertz CT molecular complexity index is 462. The number of hydrogen-bond donors (Lipinski definition) is 0. The maximum Gasteiger partial charge on any atom is 0.225 e. The molecular weight excluding hydrogens is 278 g/mol. The van der Waals surface area contributed by atoms with Crippen LogP contribution in [-0.2, 0) is 20.9 Å². The first-order chi connectivity index (χ1) is 10.8. The summed E-state index contributed by atoms with van der Waals surface area (Å²) in [6, 6.07) is 10.3. The summed E-state index contributed by atoms with van der Waals surface area (Å²) in [7, 11) is 0. The Balaban J connectivity index is 1.41. The monoisotopic (exact) mass is 303 g/mol. The Labute approximate surface area is 132 Å². The van der Waals surface area contributed by atoms with Crippen LogP contribution in [0.3, 0.4) is 0 Å². The van der Waals surface area contributed by atoms with Gasteiger partial charge in [0.1, 0.15) is 0 Å². The average molecular weight is 303 g/mol. The van der Waals surface area contributed by atoms with Gasteiger partial charge in [0.05, 0.1) is 12.7 Å². The zero-order valence-electron chi connectivity index (χ0n) is 13.1. The normalized spacial score (nSPS) is 21.0. The molecule has 1 aromatic rings. The van der Waals surface area contributed by atoms with E-state index in [9.17, 15) is 4.79 Å². The molecule has 0 saturated carbocycles. The summed E-state index contributed by atoms with van der Waals surface area (Å²) >= 11 is 0. The van der Waals surface area contributed by atoms with Gasteiger partial charge in [-0.1, -0.05) is 30.3 Å². The molecular formula is C18H25NO3. The zero-order chi connectivity index (χ0) is 15.2. The van der Waals surface area contributed by atoms with E-state index >= 15 is 0 Å². The lowest BCUT2D eigenvalue weighted by molar-refractivity contribution is -0.141. The lowest BCUT2D eigenvalue weighted by atomic mass is 9.97. The third-order valence-electron chi connectivity index (χ3n) is 4.65. The van der Waals surface area contributed by atoms with Crippen molar-refractivity contribution in [2.24, 2.45) is 5.92 Å². The molecule has 0 bridgehead atoms. The number of carbonyl (C=O) groups is 1. The molecule has 1 amide bonds. The minimum absolute atomic E-state index is 0.176. The second kappa shape index (κ2) is 7.75. The lowest BCUT2D eigenvalue weighted by Gasteiger charge is -2.35. The second-order valence-corrected chi connectivity index (χ2v) is 6.21. The van der Waals surface area contributed by atoms with Gasteiger partial charge in [-0.3, -0.25) is 4.79 Å². The van der Waals surface area contributed by atoms with Crippen LogP contribution in [0.1, 0.15) is 31.2 Å². The molecule has 0 radical (unpaired) electrons. The molecule has 2 aliphatic heterocycles. The van der Waals surface area contributed by atoms with Crippen LogP contribution in [0.15, 0.2) is 30.3 Å². The predicted octanol–water partition coefficient (Wildman–Crippen LogP) is 2.62. The summed E-state index contributed by atoms with van der Waals surface area (Å²) < 4.78 is 11.3. The van der Waals surface area contributed by atoms with Gasteiger partial charge in [-0.25, -0.2) is 0 Å². The Morgan fingerprint density at radius 2 is 1.77 bits per heavy atom. The van der Waals surface area contributed by atoms with E-state index in [1.165, 1.54) is 5.56 Å². The van der Waals surface area contributed by atoms with E-state index in [-0.39, 0.29) is 12.0 Å². The number of ether oxygens (including phenoxy) is 2. The number of benzene rings is 1. The molecule has 22 heavy (non-hydrogen) atoms. The van der Waals surface area contributed by atoms with Crippen LogP contribution in [-0.4, -0.2) is 43.2 Å². The Hall–Kier alpha value is -1.39. The molecule has 2 aliphatic rings. The van der Waals surface area contributed by atoms with E-state index in [2.05, 4.69) is 12.1 Å². The summed E-state index contributed by atoms with van der Waals surface area (Å²) in [4.78, 5) is 14.5. The molecule has 0 aliphatic carbocycles. The summed E-state index contributed by atoms with van der Waals surface area (Å²) in [6.45, 7) is 3.78. The third-order valence-corrected chi connectivity index (χ3v) is 4.65. The summed E-state index contributed by atoms with van der Waals surface area (Å²) in [6.07, 6.45) is 3.93. The SMILES string of the molecule is O=C(C1CCOCC1)N1CCC(OCc2ccccc2)CC1. The van der Waals surface area contributed by atoms with E-state index in [1.807, 2.05) is 23.1 Å². The molecule has 120 valence electrons. The van der Waals surface area contributed by atoms with E-state index in [0.29, 0.717) is 12.5 Å². The van der Waals surface area contributed by atoms with Gasteiger partial charge in [-0.05, 0) is 31.2 Å². The first-order valence-corrected chi connectivity index (χ1v) is 8.35. The molecule has 3 rings (SSSR count). The van der Waals surface area contributed by atoms with Crippen LogP contribution < -0.4 is 0 Å². The molecule has 0 spiro atoms. The fraction of sp³-hybridized carbons (Fsp3) is 0.611. The highest BCUT2D eigenvalue weighted by Crippen LogP contribution is 2.22. The fourth-order valence-corrected chi connectivity index (χ4v) is 3.23.